The molecule has 1 aromatic rings. The van der Waals surface area contributed by atoms with Crippen LogP contribution in [-0.4, -0.2) is 13.3 Å². The Morgan fingerprint density at radius 1 is 1.44 bits per heavy atom. The fourth-order valence-electron chi connectivity index (χ4n) is 1.11. The monoisotopic (exact) mass is 241 g/mol. The van der Waals surface area contributed by atoms with Gasteiger partial charge in [0.1, 0.15) is 0 Å². The third-order valence-corrected chi connectivity index (χ3v) is 2.67. The lowest BCUT2D eigenvalue weighted by Crippen LogP contribution is -2.12. The van der Waals surface area contributed by atoms with Crippen LogP contribution in [0.2, 0.25) is 0 Å². The van der Waals surface area contributed by atoms with E-state index in [1.165, 1.54) is 0 Å². The third kappa shape index (κ3) is 2.75. The molecule has 2 N–H and O–H groups in total. The number of nitrogens with two attached hydrogens (primary N) is 1. The van der Waals surface area contributed by atoms with Crippen LogP contribution in [0.5, 0.6) is 0 Å². The molecule has 8 heteroatoms. The smallest absolute Gasteiger partial charge is 0.258 e. The number of nitro groups is 1. The van der Waals surface area contributed by atoms with Crippen LogP contribution < -0.4 is 5.14 Å². The lowest BCUT2D eigenvalue weighted by molar-refractivity contribution is -0.385. The molecule has 0 unspecified atom stereocenters. The van der Waals surface area contributed by atoms with Crippen molar-refractivity contribution in [2.75, 3.05) is 0 Å². The maximum absolute atomic E-state index is 11.0. The standard InChI is InChI=1S/C8H7N3O4S/c9-2-1-6-3-7(11(12)13)5-8(4-6)16(10,14)15/h3-5H,1H2,(H2,10,14,15). The zero-order valence-corrected chi connectivity index (χ0v) is 8.77. The van der Waals surface area contributed by atoms with E-state index in [4.69, 9.17) is 10.4 Å². The first kappa shape index (κ1) is 12.1. The molecule has 0 aromatic heterocycles. The number of sulfonamides is 1. The van der Waals surface area contributed by atoms with E-state index < -0.39 is 20.6 Å². The highest BCUT2D eigenvalue weighted by Crippen LogP contribution is 2.20. The van der Waals surface area contributed by atoms with Gasteiger partial charge in [0, 0.05) is 12.1 Å². The van der Waals surface area contributed by atoms with Crippen molar-refractivity contribution in [3.05, 3.63) is 33.9 Å². The van der Waals surface area contributed by atoms with Crippen LogP contribution in [0.25, 0.3) is 0 Å². The summed E-state index contributed by atoms with van der Waals surface area (Å²) in [5, 5.41) is 23.8. The maximum atomic E-state index is 11.0. The van der Waals surface area contributed by atoms with Crippen LogP contribution in [0, 0.1) is 21.4 Å². The average molecular weight is 241 g/mol. The molecule has 0 aliphatic rings. The zero-order chi connectivity index (χ0) is 12.3. The highest BCUT2D eigenvalue weighted by Gasteiger charge is 2.15. The number of hydrogen-bond donors (Lipinski definition) is 1. The Kier molecular flexibility index (Phi) is 3.22. The second kappa shape index (κ2) is 4.26. The van der Waals surface area contributed by atoms with Crippen molar-refractivity contribution >= 4 is 15.7 Å². The molecule has 0 amide bonds. The van der Waals surface area contributed by atoms with Crippen LogP contribution in [0.4, 0.5) is 5.69 Å². The summed E-state index contributed by atoms with van der Waals surface area (Å²) in [5.41, 5.74) is -0.169. The Bertz CT molecular complexity index is 573. The molecule has 0 aliphatic heterocycles. The molecule has 0 heterocycles. The van der Waals surface area contributed by atoms with Crippen LogP contribution in [-0.2, 0) is 16.4 Å². The molecule has 0 fully saturated rings. The van der Waals surface area contributed by atoms with Gasteiger partial charge < -0.3 is 0 Å². The van der Waals surface area contributed by atoms with Crippen molar-refractivity contribution in [3.63, 3.8) is 0 Å². The van der Waals surface area contributed by atoms with E-state index in [2.05, 4.69) is 0 Å². The minimum absolute atomic E-state index is 0.121. The molecular weight excluding hydrogens is 234 g/mol. The van der Waals surface area contributed by atoms with Gasteiger partial charge in [0.05, 0.1) is 22.3 Å². The van der Waals surface area contributed by atoms with Gasteiger partial charge in [0.2, 0.25) is 10.0 Å². The molecule has 0 aliphatic carbocycles. The summed E-state index contributed by atoms with van der Waals surface area (Å²) in [7, 11) is -4.01. The van der Waals surface area contributed by atoms with E-state index in [1.54, 1.807) is 6.07 Å². The van der Waals surface area contributed by atoms with E-state index in [1.807, 2.05) is 0 Å². The number of nitro benzene ring substituents is 1. The van der Waals surface area contributed by atoms with E-state index >= 15 is 0 Å². The van der Waals surface area contributed by atoms with Crippen LogP contribution in [0.3, 0.4) is 0 Å². The average Bonchev–Trinajstić information content (AvgIpc) is 2.16. The summed E-state index contributed by atoms with van der Waals surface area (Å²) in [5.74, 6) is 0. The Hall–Kier alpha value is -1.98. The van der Waals surface area contributed by atoms with Gasteiger partial charge in [-0.1, -0.05) is 0 Å². The summed E-state index contributed by atoms with van der Waals surface area (Å²) in [6.45, 7) is 0. The number of hydrogen-bond acceptors (Lipinski definition) is 5. The molecule has 0 saturated carbocycles. The summed E-state index contributed by atoms with van der Waals surface area (Å²) < 4.78 is 22.1. The molecule has 7 nitrogen and oxygen atoms in total. The number of nitriles is 1. The van der Waals surface area contributed by atoms with Crippen molar-refractivity contribution in [2.24, 2.45) is 5.14 Å². The second-order valence-electron chi connectivity index (χ2n) is 2.97. The minimum Gasteiger partial charge on any atom is -0.258 e. The maximum Gasteiger partial charge on any atom is 0.271 e. The van der Waals surface area contributed by atoms with Gasteiger partial charge >= 0.3 is 0 Å². The summed E-state index contributed by atoms with van der Waals surface area (Å²) in [4.78, 5) is 9.41. The van der Waals surface area contributed by atoms with Gasteiger partial charge in [-0.2, -0.15) is 5.26 Å². The van der Waals surface area contributed by atoms with E-state index in [-0.39, 0.29) is 16.9 Å². The molecule has 1 rings (SSSR count). The summed E-state index contributed by atoms with van der Waals surface area (Å²) in [6, 6.07) is 4.91. The van der Waals surface area contributed by atoms with Gasteiger partial charge in [0.15, 0.2) is 0 Å². The van der Waals surface area contributed by atoms with Crippen molar-refractivity contribution in [3.8, 4) is 6.07 Å². The lowest BCUT2D eigenvalue weighted by Gasteiger charge is -2.01. The molecule has 0 atom stereocenters. The van der Waals surface area contributed by atoms with Crippen LogP contribution >= 0.6 is 0 Å². The molecule has 1 aromatic carbocycles. The fourth-order valence-corrected chi connectivity index (χ4v) is 1.71. The van der Waals surface area contributed by atoms with Crippen LogP contribution in [0.1, 0.15) is 5.56 Å². The highest BCUT2D eigenvalue weighted by molar-refractivity contribution is 7.89. The topological polar surface area (TPSA) is 127 Å². The molecule has 0 radical (unpaired) electrons. The van der Waals surface area contributed by atoms with E-state index in [0.717, 1.165) is 18.2 Å². The molecule has 84 valence electrons. The van der Waals surface area contributed by atoms with Crippen molar-refractivity contribution < 1.29 is 13.3 Å². The predicted octanol–water partition coefficient (Wildman–Crippen LogP) is 0.308. The first-order valence-corrected chi connectivity index (χ1v) is 5.57. The number of primary sulfonamides is 1. The number of rotatable bonds is 3. The van der Waals surface area contributed by atoms with Crippen molar-refractivity contribution in [2.45, 2.75) is 11.3 Å². The van der Waals surface area contributed by atoms with Gasteiger partial charge in [-0.05, 0) is 11.6 Å². The van der Waals surface area contributed by atoms with Gasteiger partial charge in [-0.15, -0.1) is 0 Å². The first-order valence-electron chi connectivity index (χ1n) is 4.02. The Labute approximate surface area is 91.3 Å². The third-order valence-electron chi connectivity index (χ3n) is 1.77. The lowest BCUT2D eigenvalue weighted by atomic mass is 10.1. The molecule has 0 bridgehead atoms. The van der Waals surface area contributed by atoms with Gasteiger partial charge in [0.25, 0.3) is 5.69 Å². The van der Waals surface area contributed by atoms with E-state index in [9.17, 15) is 18.5 Å². The zero-order valence-electron chi connectivity index (χ0n) is 7.95. The quantitative estimate of drug-likeness (QED) is 0.601. The number of nitrogens with zero attached hydrogens (tertiary/aromatic N) is 2. The Balaban J connectivity index is 3.43. The van der Waals surface area contributed by atoms with Crippen LogP contribution in [0.15, 0.2) is 23.1 Å². The highest BCUT2D eigenvalue weighted by atomic mass is 32.2. The largest absolute Gasteiger partial charge is 0.271 e. The SMILES string of the molecule is N#CCc1cc([N+](=O)[O-])cc(S(N)(=O)=O)c1. The Morgan fingerprint density at radius 2 is 2.06 bits per heavy atom. The number of benzene rings is 1. The van der Waals surface area contributed by atoms with Gasteiger partial charge in [-0.25, -0.2) is 13.6 Å². The molecule has 0 spiro atoms. The fraction of sp³-hybridized carbons (Fsp3) is 0.125. The minimum atomic E-state index is -4.01. The molecule has 0 saturated heterocycles. The summed E-state index contributed by atoms with van der Waals surface area (Å²) in [6.07, 6.45) is -0.121. The predicted molar refractivity (Wildman–Crippen MR) is 53.8 cm³/mol. The van der Waals surface area contributed by atoms with E-state index in [0.29, 0.717) is 0 Å². The summed E-state index contributed by atoms with van der Waals surface area (Å²) >= 11 is 0. The first-order chi connectivity index (χ1) is 7.34. The Morgan fingerprint density at radius 3 is 2.50 bits per heavy atom. The molecule has 16 heavy (non-hydrogen) atoms. The van der Waals surface area contributed by atoms with Crippen molar-refractivity contribution in [1.29, 1.82) is 5.26 Å². The second-order valence-corrected chi connectivity index (χ2v) is 4.53. The molecular formula is C8H7N3O4S. The van der Waals surface area contributed by atoms with Crippen molar-refractivity contribution in [1.82, 2.24) is 0 Å². The van der Waals surface area contributed by atoms with Gasteiger partial charge in [-0.3, -0.25) is 10.1 Å². The number of non-ortho nitro benzene ring substituents is 1. The normalized spacial score (nSPS) is 10.8.